The van der Waals surface area contributed by atoms with E-state index in [4.69, 9.17) is 29.4 Å². The highest BCUT2D eigenvalue weighted by molar-refractivity contribution is 6.01. The first kappa shape index (κ1) is 28.0. The lowest BCUT2D eigenvalue weighted by Crippen LogP contribution is -2.39. The van der Waals surface area contributed by atoms with E-state index < -0.39 is 23.3 Å². The van der Waals surface area contributed by atoms with Gasteiger partial charge in [-0.2, -0.15) is 0 Å². The van der Waals surface area contributed by atoms with Crippen LogP contribution in [0.4, 0.5) is 8.78 Å². The van der Waals surface area contributed by atoms with Crippen molar-refractivity contribution >= 4 is 16.8 Å². The second kappa shape index (κ2) is 12.3. The SMILES string of the molecule is CNCCCOc1cc2nccc(Oc3c(F)cc(-c4nccc(OC5COC5)c4C(N)=O)cc3F)c2cc1OC. The average Bonchev–Trinajstić information content (AvgIpc) is 2.94. The molecule has 0 spiro atoms. The van der Waals surface area contributed by atoms with Crippen molar-refractivity contribution in [1.29, 1.82) is 0 Å². The Bertz CT molecular complexity index is 1560. The number of methoxy groups -OCH3 is 1. The molecule has 1 amide bonds. The first-order valence-electron chi connectivity index (χ1n) is 12.8. The molecular weight excluding hydrogens is 538 g/mol. The van der Waals surface area contributed by atoms with Gasteiger partial charge in [-0.3, -0.25) is 14.8 Å². The Labute approximate surface area is 234 Å². The first-order valence-corrected chi connectivity index (χ1v) is 12.8. The lowest BCUT2D eigenvalue weighted by Gasteiger charge is -2.27. The molecular formula is C29H28F2N4O6. The van der Waals surface area contributed by atoms with Crippen LogP contribution in [0.15, 0.2) is 48.8 Å². The number of carbonyl (C=O) groups excluding carboxylic acids is 1. The number of aromatic nitrogens is 2. The van der Waals surface area contributed by atoms with Crippen LogP contribution in [0.2, 0.25) is 0 Å². The molecule has 12 heteroatoms. The minimum atomic E-state index is -1.02. The molecule has 41 heavy (non-hydrogen) atoms. The lowest BCUT2D eigenvalue weighted by atomic mass is 10.0. The topological polar surface area (TPSA) is 127 Å². The molecule has 1 fully saturated rings. The number of nitrogens with two attached hydrogens (primary N) is 1. The molecule has 10 nitrogen and oxygen atoms in total. The number of hydrogen-bond acceptors (Lipinski definition) is 9. The smallest absolute Gasteiger partial charge is 0.254 e. The van der Waals surface area contributed by atoms with Gasteiger partial charge in [-0.1, -0.05) is 0 Å². The maximum atomic E-state index is 15.4. The maximum Gasteiger partial charge on any atom is 0.254 e. The molecule has 1 aliphatic heterocycles. The summed E-state index contributed by atoms with van der Waals surface area (Å²) in [5.41, 5.74) is 5.94. The summed E-state index contributed by atoms with van der Waals surface area (Å²) in [5.74, 6) is -2.34. The maximum absolute atomic E-state index is 15.4. The number of halogens is 2. The number of rotatable bonds is 12. The largest absolute Gasteiger partial charge is 0.493 e. The van der Waals surface area contributed by atoms with Crippen LogP contribution in [0, 0.1) is 11.6 Å². The predicted octanol–water partition coefficient (Wildman–Crippen LogP) is 4.24. The Kier molecular flexibility index (Phi) is 8.41. The number of ether oxygens (including phenoxy) is 5. The van der Waals surface area contributed by atoms with Gasteiger partial charge in [-0.15, -0.1) is 0 Å². The zero-order valence-corrected chi connectivity index (χ0v) is 22.4. The number of carbonyl (C=O) groups is 1. The fourth-order valence-corrected chi connectivity index (χ4v) is 4.29. The summed E-state index contributed by atoms with van der Waals surface area (Å²) in [6.07, 6.45) is 3.35. The minimum Gasteiger partial charge on any atom is -0.493 e. The zero-order chi connectivity index (χ0) is 28.9. The van der Waals surface area contributed by atoms with E-state index in [-0.39, 0.29) is 34.4 Å². The average molecular weight is 567 g/mol. The Hall–Kier alpha value is -4.55. The predicted molar refractivity (Wildman–Crippen MR) is 146 cm³/mol. The second-order valence-electron chi connectivity index (χ2n) is 9.18. The number of amides is 1. The molecule has 0 bridgehead atoms. The highest BCUT2D eigenvalue weighted by Crippen LogP contribution is 2.39. The van der Waals surface area contributed by atoms with Crippen molar-refractivity contribution in [2.45, 2.75) is 12.5 Å². The van der Waals surface area contributed by atoms with Gasteiger partial charge in [0.2, 0.25) is 0 Å². The van der Waals surface area contributed by atoms with E-state index in [2.05, 4.69) is 15.3 Å². The van der Waals surface area contributed by atoms with Crippen LogP contribution in [-0.4, -0.2) is 62.5 Å². The zero-order valence-electron chi connectivity index (χ0n) is 22.4. The number of nitrogens with zero attached hydrogens (tertiary/aromatic N) is 2. The van der Waals surface area contributed by atoms with Crippen LogP contribution in [0.3, 0.4) is 0 Å². The molecule has 0 unspecified atom stereocenters. The summed E-state index contributed by atoms with van der Waals surface area (Å²) < 4.78 is 58.6. The van der Waals surface area contributed by atoms with Gasteiger partial charge in [-0.05, 0) is 50.3 Å². The molecule has 3 heterocycles. The van der Waals surface area contributed by atoms with E-state index in [0.717, 1.165) is 25.1 Å². The quantitative estimate of drug-likeness (QED) is 0.242. The van der Waals surface area contributed by atoms with Gasteiger partial charge in [0, 0.05) is 29.4 Å². The van der Waals surface area contributed by atoms with Crippen molar-refractivity contribution in [3.05, 3.63) is 66.0 Å². The summed E-state index contributed by atoms with van der Waals surface area (Å²) >= 11 is 0. The number of pyridine rings is 2. The van der Waals surface area contributed by atoms with Crippen LogP contribution >= 0.6 is 0 Å². The second-order valence-corrected chi connectivity index (χ2v) is 9.18. The third-order valence-electron chi connectivity index (χ3n) is 6.36. The fraction of sp³-hybridized carbons (Fsp3) is 0.276. The van der Waals surface area contributed by atoms with Gasteiger partial charge in [0.15, 0.2) is 28.9 Å². The Morgan fingerprint density at radius 3 is 2.44 bits per heavy atom. The van der Waals surface area contributed by atoms with Crippen molar-refractivity contribution < 1.29 is 37.3 Å². The van der Waals surface area contributed by atoms with E-state index in [1.54, 1.807) is 12.1 Å². The number of nitrogens with one attached hydrogen (secondary N) is 1. The summed E-state index contributed by atoms with van der Waals surface area (Å²) in [7, 11) is 3.35. The summed E-state index contributed by atoms with van der Waals surface area (Å²) in [6, 6.07) is 8.30. The first-order chi connectivity index (χ1) is 19.9. The number of primary amides is 1. The molecule has 1 aliphatic rings. The number of hydrogen-bond donors (Lipinski definition) is 2. The van der Waals surface area contributed by atoms with Crippen molar-refractivity contribution in [1.82, 2.24) is 15.3 Å². The molecule has 0 atom stereocenters. The van der Waals surface area contributed by atoms with E-state index >= 15 is 8.78 Å². The molecule has 1 saturated heterocycles. The molecule has 0 saturated carbocycles. The summed E-state index contributed by atoms with van der Waals surface area (Å²) in [4.78, 5) is 20.8. The highest BCUT2D eigenvalue weighted by atomic mass is 19.1. The van der Waals surface area contributed by atoms with Crippen LogP contribution in [0.5, 0.6) is 28.7 Å². The molecule has 2 aromatic heterocycles. The van der Waals surface area contributed by atoms with Crippen LogP contribution < -0.4 is 30.0 Å². The highest BCUT2D eigenvalue weighted by Gasteiger charge is 2.26. The van der Waals surface area contributed by atoms with Gasteiger partial charge in [0.1, 0.15) is 23.2 Å². The molecule has 0 radical (unpaired) electrons. The Morgan fingerprint density at radius 1 is 1.05 bits per heavy atom. The van der Waals surface area contributed by atoms with Crippen molar-refractivity contribution in [3.8, 4) is 40.0 Å². The van der Waals surface area contributed by atoms with Gasteiger partial charge in [-0.25, -0.2) is 8.78 Å². The monoisotopic (exact) mass is 566 g/mol. The van der Waals surface area contributed by atoms with Gasteiger partial charge < -0.3 is 34.7 Å². The third kappa shape index (κ3) is 5.98. The fourth-order valence-electron chi connectivity index (χ4n) is 4.29. The molecule has 5 rings (SSSR count). The van der Waals surface area contributed by atoms with E-state index in [0.29, 0.717) is 42.2 Å². The van der Waals surface area contributed by atoms with Crippen molar-refractivity contribution in [2.24, 2.45) is 5.73 Å². The van der Waals surface area contributed by atoms with E-state index in [9.17, 15) is 4.79 Å². The minimum absolute atomic E-state index is 0.0159. The number of fused-ring (bicyclic) bond motifs is 1. The molecule has 0 aliphatic carbocycles. The van der Waals surface area contributed by atoms with Crippen LogP contribution in [0.1, 0.15) is 16.8 Å². The molecule has 2 aromatic carbocycles. The van der Waals surface area contributed by atoms with Crippen molar-refractivity contribution in [3.63, 3.8) is 0 Å². The Morgan fingerprint density at radius 2 is 1.78 bits per heavy atom. The normalized spacial score (nSPS) is 13.1. The molecule has 4 aromatic rings. The lowest BCUT2D eigenvalue weighted by molar-refractivity contribution is -0.0798. The van der Waals surface area contributed by atoms with Gasteiger partial charge in [0.25, 0.3) is 5.91 Å². The van der Waals surface area contributed by atoms with E-state index in [1.165, 1.54) is 31.6 Å². The van der Waals surface area contributed by atoms with Crippen molar-refractivity contribution in [2.75, 3.05) is 40.5 Å². The third-order valence-corrected chi connectivity index (χ3v) is 6.36. The molecule has 3 N–H and O–H groups in total. The van der Waals surface area contributed by atoms with Gasteiger partial charge in [0.05, 0.1) is 38.1 Å². The standard InChI is InChI=1S/C29H28F2N4O6/c1-33-6-3-9-39-25-13-21-18(12-24(25)37-2)22(4-7-34-21)41-28-19(30)10-16(11-20(28)31)27-26(29(32)36)23(5-8-35-27)40-17-14-38-15-17/h4-5,7-8,10-13,17,33H,3,6,9,14-15H2,1-2H3,(H2,32,36). The number of benzene rings is 2. The summed E-state index contributed by atoms with van der Waals surface area (Å²) in [5, 5.41) is 3.51. The van der Waals surface area contributed by atoms with E-state index in [1.807, 2.05) is 7.05 Å². The molecule has 214 valence electrons. The summed E-state index contributed by atoms with van der Waals surface area (Å²) in [6.45, 7) is 1.95. The van der Waals surface area contributed by atoms with Crippen LogP contribution in [-0.2, 0) is 4.74 Å². The van der Waals surface area contributed by atoms with Gasteiger partial charge >= 0.3 is 0 Å². The van der Waals surface area contributed by atoms with Crippen LogP contribution in [0.25, 0.3) is 22.2 Å². The Balaban J connectivity index is 1.47.